The molecule has 84 valence electrons. The van der Waals surface area contributed by atoms with Crippen LogP contribution in [0.25, 0.3) is 0 Å². The molecule has 0 amide bonds. The Morgan fingerprint density at radius 1 is 1.47 bits per heavy atom. The first kappa shape index (κ1) is 12.8. The topological polar surface area (TPSA) is 46.2 Å². The standard InChI is InChI=1S/C11H16ClNOS/c1-7(2)15-10-5-3-4-8(12)11(10)9(14)6-13/h3-5,7,9,14H,6,13H2,1-2H3. The molecule has 0 aromatic heterocycles. The highest BCUT2D eigenvalue weighted by Gasteiger charge is 2.15. The summed E-state index contributed by atoms with van der Waals surface area (Å²) < 4.78 is 0. The van der Waals surface area contributed by atoms with Crippen molar-refractivity contribution in [3.63, 3.8) is 0 Å². The van der Waals surface area contributed by atoms with Crippen molar-refractivity contribution in [3.8, 4) is 0 Å². The van der Waals surface area contributed by atoms with Gasteiger partial charge in [0.05, 0.1) is 6.10 Å². The molecule has 0 aliphatic carbocycles. The van der Waals surface area contributed by atoms with Gasteiger partial charge in [0.15, 0.2) is 0 Å². The molecule has 2 nitrogen and oxygen atoms in total. The zero-order valence-electron chi connectivity index (χ0n) is 8.90. The summed E-state index contributed by atoms with van der Waals surface area (Å²) in [5.41, 5.74) is 6.21. The van der Waals surface area contributed by atoms with Gasteiger partial charge in [-0.25, -0.2) is 0 Å². The van der Waals surface area contributed by atoms with Crippen LogP contribution in [0.4, 0.5) is 0 Å². The molecule has 0 heterocycles. The van der Waals surface area contributed by atoms with Crippen LogP contribution in [0.2, 0.25) is 5.02 Å². The van der Waals surface area contributed by atoms with Crippen LogP contribution < -0.4 is 5.73 Å². The highest BCUT2D eigenvalue weighted by Crippen LogP contribution is 2.34. The maximum absolute atomic E-state index is 9.78. The van der Waals surface area contributed by atoms with Crippen LogP contribution >= 0.6 is 23.4 Å². The summed E-state index contributed by atoms with van der Waals surface area (Å²) in [6, 6.07) is 5.63. The second-order valence-corrected chi connectivity index (χ2v) is 5.60. The minimum Gasteiger partial charge on any atom is -0.387 e. The lowest BCUT2D eigenvalue weighted by Crippen LogP contribution is -2.13. The molecule has 1 unspecified atom stereocenters. The molecule has 15 heavy (non-hydrogen) atoms. The normalized spacial score (nSPS) is 13.2. The lowest BCUT2D eigenvalue weighted by Gasteiger charge is -2.16. The van der Waals surface area contributed by atoms with E-state index in [2.05, 4.69) is 13.8 Å². The van der Waals surface area contributed by atoms with Crippen LogP contribution in [0.5, 0.6) is 0 Å². The van der Waals surface area contributed by atoms with Crippen molar-refractivity contribution in [3.05, 3.63) is 28.8 Å². The third-order valence-corrected chi connectivity index (χ3v) is 3.34. The summed E-state index contributed by atoms with van der Waals surface area (Å²) in [7, 11) is 0. The van der Waals surface area contributed by atoms with Crippen LogP contribution in [0.3, 0.4) is 0 Å². The van der Waals surface area contributed by atoms with Crippen LogP contribution in [-0.4, -0.2) is 16.9 Å². The molecular weight excluding hydrogens is 230 g/mol. The molecule has 1 aromatic rings. The van der Waals surface area contributed by atoms with Crippen molar-refractivity contribution in [2.24, 2.45) is 5.73 Å². The summed E-state index contributed by atoms with van der Waals surface area (Å²) in [5.74, 6) is 0. The molecule has 0 saturated heterocycles. The quantitative estimate of drug-likeness (QED) is 0.802. The van der Waals surface area contributed by atoms with Crippen LogP contribution in [-0.2, 0) is 0 Å². The molecule has 0 fully saturated rings. The lowest BCUT2D eigenvalue weighted by molar-refractivity contribution is 0.184. The Balaban J connectivity index is 3.08. The van der Waals surface area contributed by atoms with Crippen molar-refractivity contribution < 1.29 is 5.11 Å². The molecule has 0 aliphatic rings. The summed E-state index contributed by atoms with van der Waals surface area (Å²) in [4.78, 5) is 1.01. The first-order chi connectivity index (χ1) is 7.06. The predicted molar refractivity (Wildman–Crippen MR) is 66.5 cm³/mol. The maximum Gasteiger partial charge on any atom is 0.0937 e. The SMILES string of the molecule is CC(C)Sc1cccc(Cl)c1C(O)CN. The zero-order chi connectivity index (χ0) is 11.4. The van der Waals surface area contributed by atoms with Crippen molar-refractivity contribution >= 4 is 23.4 Å². The molecule has 0 saturated carbocycles. The fourth-order valence-corrected chi connectivity index (χ4v) is 2.71. The highest BCUT2D eigenvalue weighted by molar-refractivity contribution is 8.00. The number of rotatable bonds is 4. The number of aliphatic hydroxyl groups is 1. The van der Waals surface area contributed by atoms with Crippen molar-refractivity contribution in [2.75, 3.05) is 6.54 Å². The predicted octanol–water partition coefficient (Wildman–Crippen LogP) is 2.83. The first-order valence-corrected chi connectivity index (χ1v) is 6.15. The average molecular weight is 246 g/mol. The number of nitrogens with two attached hydrogens (primary N) is 1. The second-order valence-electron chi connectivity index (χ2n) is 3.57. The highest BCUT2D eigenvalue weighted by atomic mass is 35.5. The smallest absolute Gasteiger partial charge is 0.0937 e. The monoisotopic (exact) mass is 245 g/mol. The number of aliphatic hydroxyl groups excluding tert-OH is 1. The third kappa shape index (κ3) is 3.38. The van der Waals surface area contributed by atoms with Gasteiger partial charge in [0.2, 0.25) is 0 Å². The summed E-state index contributed by atoms with van der Waals surface area (Å²) in [6.07, 6.45) is -0.681. The molecule has 0 spiro atoms. The van der Waals surface area contributed by atoms with E-state index in [1.165, 1.54) is 0 Å². The zero-order valence-corrected chi connectivity index (χ0v) is 10.5. The maximum atomic E-state index is 9.78. The minimum atomic E-state index is -0.681. The number of hydrogen-bond donors (Lipinski definition) is 2. The fraction of sp³-hybridized carbons (Fsp3) is 0.455. The lowest BCUT2D eigenvalue weighted by atomic mass is 10.1. The minimum absolute atomic E-state index is 0.190. The number of halogens is 1. The summed E-state index contributed by atoms with van der Waals surface area (Å²) in [5, 5.41) is 10.8. The van der Waals surface area contributed by atoms with Crippen LogP contribution in [0.1, 0.15) is 25.5 Å². The van der Waals surface area contributed by atoms with E-state index in [1.54, 1.807) is 17.8 Å². The van der Waals surface area contributed by atoms with E-state index < -0.39 is 6.10 Å². The van der Waals surface area contributed by atoms with E-state index >= 15 is 0 Å². The van der Waals surface area contributed by atoms with Crippen LogP contribution in [0, 0.1) is 0 Å². The van der Waals surface area contributed by atoms with Gasteiger partial charge in [0.1, 0.15) is 0 Å². The van der Waals surface area contributed by atoms with E-state index in [-0.39, 0.29) is 6.54 Å². The molecule has 0 aliphatic heterocycles. The van der Waals surface area contributed by atoms with Gasteiger partial charge in [-0.1, -0.05) is 31.5 Å². The Hall–Kier alpha value is -0.220. The molecule has 4 heteroatoms. The molecule has 1 atom stereocenters. The number of hydrogen-bond acceptors (Lipinski definition) is 3. The second kappa shape index (κ2) is 5.75. The Labute approximate surface area is 99.8 Å². The van der Waals surface area contributed by atoms with Gasteiger partial charge in [-0.15, -0.1) is 11.8 Å². The van der Waals surface area contributed by atoms with Gasteiger partial charge in [-0.2, -0.15) is 0 Å². The van der Waals surface area contributed by atoms with E-state index in [0.717, 1.165) is 10.5 Å². The summed E-state index contributed by atoms with van der Waals surface area (Å²) in [6.45, 7) is 4.39. The number of thioether (sulfide) groups is 1. The van der Waals surface area contributed by atoms with Crippen molar-refractivity contribution in [1.29, 1.82) is 0 Å². The van der Waals surface area contributed by atoms with Gasteiger partial charge in [0, 0.05) is 27.3 Å². The van der Waals surface area contributed by atoms with Crippen LogP contribution in [0.15, 0.2) is 23.1 Å². The molecule has 1 aromatic carbocycles. The summed E-state index contributed by atoms with van der Waals surface area (Å²) >= 11 is 7.74. The van der Waals surface area contributed by atoms with E-state index in [9.17, 15) is 5.11 Å². The van der Waals surface area contributed by atoms with Gasteiger partial charge in [-0.3, -0.25) is 0 Å². The Morgan fingerprint density at radius 2 is 2.13 bits per heavy atom. The number of benzene rings is 1. The van der Waals surface area contributed by atoms with Gasteiger partial charge < -0.3 is 10.8 Å². The van der Waals surface area contributed by atoms with Crippen molar-refractivity contribution in [1.82, 2.24) is 0 Å². The molecule has 0 bridgehead atoms. The largest absolute Gasteiger partial charge is 0.387 e. The third-order valence-electron chi connectivity index (χ3n) is 1.93. The average Bonchev–Trinajstić information content (AvgIpc) is 2.16. The van der Waals surface area contributed by atoms with E-state index in [4.69, 9.17) is 17.3 Å². The fourth-order valence-electron chi connectivity index (χ4n) is 1.32. The molecular formula is C11H16ClNOS. The van der Waals surface area contributed by atoms with E-state index in [1.807, 2.05) is 12.1 Å². The Kier molecular flexibility index (Phi) is 4.93. The molecule has 0 radical (unpaired) electrons. The van der Waals surface area contributed by atoms with Gasteiger partial charge >= 0.3 is 0 Å². The first-order valence-electron chi connectivity index (χ1n) is 4.89. The van der Waals surface area contributed by atoms with E-state index in [0.29, 0.717) is 10.3 Å². The molecule has 1 rings (SSSR count). The van der Waals surface area contributed by atoms with Crippen molar-refractivity contribution in [2.45, 2.75) is 30.1 Å². The Bertz CT molecular complexity index is 330. The Morgan fingerprint density at radius 3 is 2.67 bits per heavy atom. The van der Waals surface area contributed by atoms with Gasteiger partial charge in [0.25, 0.3) is 0 Å². The molecule has 3 N–H and O–H groups in total. The van der Waals surface area contributed by atoms with Gasteiger partial charge in [-0.05, 0) is 12.1 Å².